The lowest BCUT2D eigenvalue weighted by molar-refractivity contribution is -0.135. The van der Waals surface area contributed by atoms with E-state index in [4.69, 9.17) is 19.4 Å². The number of thiophene rings is 1. The van der Waals surface area contributed by atoms with E-state index in [-0.39, 0.29) is 23.9 Å². The molecule has 6 aromatic rings. The van der Waals surface area contributed by atoms with Gasteiger partial charge in [0, 0.05) is 27.9 Å². The Bertz CT molecular complexity index is 2540. The highest BCUT2D eigenvalue weighted by Crippen LogP contribution is 2.49. The summed E-state index contributed by atoms with van der Waals surface area (Å²) in [6.45, 7) is 5.32. The van der Waals surface area contributed by atoms with Crippen LogP contribution in [0.3, 0.4) is 0 Å². The Hall–Kier alpha value is -5.47. The molecule has 2 saturated heterocycles. The van der Waals surface area contributed by atoms with Gasteiger partial charge in [-0.25, -0.2) is 19.2 Å². The van der Waals surface area contributed by atoms with Crippen molar-refractivity contribution in [2.24, 2.45) is 5.92 Å². The van der Waals surface area contributed by atoms with Gasteiger partial charge in [-0.3, -0.25) is 9.36 Å². The van der Waals surface area contributed by atoms with Crippen molar-refractivity contribution in [2.75, 3.05) is 20.2 Å². The SMILES string of the molecule is COC(=O)NC(C(=O)N1CCCC1c1ncc(-c2cc(F)c3c(c2)OC(c2ccc(C4CCCC4)s2)n2c-3cc3cc(-c4cnc(C5CCCN5)[nH]4)ccc32)[nH]1)C(C)C. The van der Waals surface area contributed by atoms with E-state index in [9.17, 15) is 9.59 Å². The summed E-state index contributed by atoms with van der Waals surface area (Å²) in [6.07, 6.45) is 11.1. The van der Waals surface area contributed by atoms with Crippen LogP contribution in [0.5, 0.6) is 5.75 Å². The second-order valence-corrected chi connectivity index (χ2v) is 17.9. The normalized spacial score (nSPS) is 20.9. The van der Waals surface area contributed by atoms with E-state index in [1.807, 2.05) is 26.1 Å². The third-order valence-corrected chi connectivity index (χ3v) is 14.0. The zero-order chi connectivity index (χ0) is 40.4. The Balaban J connectivity index is 1.00. The molecule has 306 valence electrons. The predicted molar refractivity (Wildman–Crippen MR) is 225 cm³/mol. The van der Waals surface area contributed by atoms with E-state index >= 15 is 4.39 Å². The summed E-state index contributed by atoms with van der Waals surface area (Å²) in [5.74, 6) is 1.86. The number of likely N-dealkylation sites (tertiary alicyclic amines) is 1. The lowest BCUT2D eigenvalue weighted by Crippen LogP contribution is -2.51. The van der Waals surface area contributed by atoms with Crippen LogP contribution in [0, 0.1) is 11.7 Å². The molecule has 59 heavy (non-hydrogen) atoms. The molecule has 1 saturated carbocycles. The summed E-state index contributed by atoms with van der Waals surface area (Å²) in [5.41, 5.74) is 5.32. The number of ether oxygens (including phenoxy) is 2. The second kappa shape index (κ2) is 15.3. The van der Waals surface area contributed by atoms with Gasteiger partial charge < -0.3 is 35.0 Å². The molecule has 1 aliphatic carbocycles. The first-order valence-corrected chi connectivity index (χ1v) is 21.8. The number of imidazole rings is 2. The van der Waals surface area contributed by atoms with Crippen molar-refractivity contribution in [3.8, 4) is 39.5 Å². The Morgan fingerprint density at radius 1 is 0.915 bits per heavy atom. The highest BCUT2D eigenvalue weighted by molar-refractivity contribution is 7.12. The van der Waals surface area contributed by atoms with E-state index in [0.29, 0.717) is 47.3 Å². The molecule has 10 rings (SSSR count). The number of methoxy groups -OCH3 is 1. The average Bonchev–Trinajstić information content (AvgIpc) is 4.09. The number of carbonyl (C=O) groups excluding carboxylic acids is 2. The minimum absolute atomic E-state index is 0.148. The predicted octanol–water partition coefficient (Wildman–Crippen LogP) is 9.35. The minimum atomic E-state index is -0.741. The number of halogens is 1. The number of rotatable bonds is 9. The van der Waals surface area contributed by atoms with Crippen LogP contribution in [0.1, 0.15) is 111 Å². The molecule has 12 nitrogen and oxygen atoms in total. The maximum atomic E-state index is 16.8. The molecule has 4 unspecified atom stereocenters. The summed E-state index contributed by atoms with van der Waals surface area (Å²) in [5, 5.41) is 7.21. The van der Waals surface area contributed by atoms with Gasteiger partial charge in [-0.05, 0) is 99.4 Å². The van der Waals surface area contributed by atoms with E-state index in [0.717, 1.165) is 64.4 Å². The number of hydrogen-bond donors (Lipinski definition) is 4. The summed E-state index contributed by atoms with van der Waals surface area (Å²) < 4.78 is 30.7. The van der Waals surface area contributed by atoms with Crippen molar-refractivity contribution in [3.05, 3.63) is 88.1 Å². The van der Waals surface area contributed by atoms with Gasteiger partial charge in [0.2, 0.25) is 12.1 Å². The maximum absolute atomic E-state index is 16.8. The number of fused-ring (bicyclic) bond motifs is 5. The fourth-order valence-corrected chi connectivity index (χ4v) is 10.8. The minimum Gasteiger partial charge on any atom is -0.464 e. The van der Waals surface area contributed by atoms with Gasteiger partial charge in [0.15, 0.2) is 0 Å². The third-order valence-electron chi connectivity index (χ3n) is 12.7. The number of aromatic nitrogens is 5. The Morgan fingerprint density at radius 3 is 2.47 bits per heavy atom. The van der Waals surface area contributed by atoms with Gasteiger partial charge in [0.1, 0.15) is 29.3 Å². The summed E-state index contributed by atoms with van der Waals surface area (Å²) >= 11 is 1.80. The van der Waals surface area contributed by atoms with E-state index in [2.05, 4.69) is 61.6 Å². The molecule has 4 atom stereocenters. The zero-order valence-electron chi connectivity index (χ0n) is 33.5. The Morgan fingerprint density at radius 2 is 1.69 bits per heavy atom. The molecule has 3 fully saturated rings. The average molecular weight is 817 g/mol. The van der Waals surface area contributed by atoms with Crippen molar-refractivity contribution in [1.29, 1.82) is 0 Å². The first kappa shape index (κ1) is 37.8. The molecular weight excluding hydrogens is 768 g/mol. The first-order chi connectivity index (χ1) is 28.7. The number of nitrogens with zero attached hydrogens (tertiary/aromatic N) is 4. The Labute approximate surface area is 345 Å². The number of nitrogens with one attached hydrogen (secondary N) is 4. The van der Waals surface area contributed by atoms with Crippen LogP contribution in [-0.4, -0.2) is 67.6 Å². The Kier molecular flexibility index (Phi) is 9.79. The van der Waals surface area contributed by atoms with Crippen LogP contribution in [0.2, 0.25) is 0 Å². The maximum Gasteiger partial charge on any atom is 0.407 e. The number of aromatic amines is 2. The number of alkyl carbamates (subject to hydrolysis) is 1. The van der Waals surface area contributed by atoms with E-state index in [1.165, 1.54) is 43.7 Å². The molecule has 0 bridgehead atoms. The van der Waals surface area contributed by atoms with Crippen molar-refractivity contribution in [2.45, 2.75) is 95.5 Å². The largest absolute Gasteiger partial charge is 0.464 e. The molecule has 4 aromatic heterocycles. The van der Waals surface area contributed by atoms with Crippen LogP contribution in [0.25, 0.3) is 44.7 Å². The molecule has 3 aliphatic heterocycles. The molecular formula is C45H49FN8O4S. The first-order valence-electron chi connectivity index (χ1n) is 21.0. The lowest BCUT2D eigenvalue weighted by Gasteiger charge is -2.30. The monoisotopic (exact) mass is 816 g/mol. The quantitative estimate of drug-likeness (QED) is 0.114. The number of hydrogen-bond acceptors (Lipinski definition) is 8. The van der Waals surface area contributed by atoms with Crippen molar-refractivity contribution in [1.82, 2.24) is 40.0 Å². The van der Waals surface area contributed by atoms with Crippen LogP contribution in [0.15, 0.2) is 60.9 Å². The smallest absolute Gasteiger partial charge is 0.407 e. The van der Waals surface area contributed by atoms with Gasteiger partial charge in [0.05, 0.1) is 64.6 Å². The van der Waals surface area contributed by atoms with Crippen LogP contribution in [-0.2, 0) is 9.53 Å². The van der Waals surface area contributed by atoms with E-state index < -0.39 is 24.2 Å². The molecule has 7 heterocycles. The molecule has 4 aliphatic rings. The summed E-state index contributed by atoms with van der Waals surface area (Å²) in [4.78, 5) is 46.5. The van der Waals surface area contributed by atoms with Crippen molar-refractivity contribution < 1.29 is 23.5 Å². The second-order valence-electron chi connectivity index (χ2n) is 16.8. The number of amides is 2. The van der Waals surface area contributed by atoms with Crippen molar-refractivity contribution in [3.63, 3.8) is 0 Å². The standard InChI is InChI=1S/C45H49FN8O4S/c1-24(2)40(52-45(56)57-3)43(55)53-17-7-11-34(53)42-49-23-32(51-42)27-19-29(46)39-35-20-28-18-26(31-22-48-41(50-31)30-10-6-16-47-30)12-13-33(28)54(35)44(58-36(39)21-27)38-15-14-37(59-38)25-8-4-5-9-25/h12-15,18-25,30,34,40,44,47H,4-11,16-17H2,1-3H3,(H,48,50)(H,49,51)(H,52,56). The van der Waals surface area contributed by atoms with Gasteiger partial charge >= 0.3 is 6.09 Å². The molecule has 0 spiro atoms. The fourth-order valence-electron chi connectivity index (χ4n) is 9.64. The third kappa shape index (κ3) is 6.79. The highest BCUT2D eigenvalue weighted by Gasteiger charge is 2.38. The molecule has 14 heteroatoms. The summed E-state index contributed by atoms with van der Waals surface area (Å²) in [6, 6.07) is 15.5. The zero-order valence-corrected chi connectivity index (χ0v) is 34.3. The van der Waals surface area contributed by atoms with Crippen LogP contribution in [0.4, 0.5) is 9.18 Å². The lowest BCUT2D eigenvalue weighted by atomic mass is 10.0. The number of carbonyl (C=O) groups is 2. The van der Waals surface area contributed by atoms with E-state index in [1.54, 1.807) is 22.4 Å². The number of H-pyrrole nitrogens is 2. The van der Waals surface area contributed by atoms with Gasteiger partial charge in [-0.15, -0.1) is 11.3 Å². The topological polar surface area (TPSA) is 142 Å². The molecule has 0 radical (unpaired) electrons. The van der Waals surface area contributed by atoms with Gasteiger partial charge in [-0.1, -0.05) is 32.8 Å². The van der Waals surface area contributed by atoms with Gasteiger partial charge in [-0.2, -0.15) is 0 Å². The molecule has 2 aromatic carbocycles. The molecule has 2 amide bonds. The number of benzene rings is 2. The van der Waals surface area contributed by atoms with Crippen LogP contribution < -0.4 is 15.4 Å². The fraction of sp³-hybridized carbons (Fsp3) is 0.422. The van der Waals surface area contributed by atoms with Gasteiger partial charge in [0.25, 0.3) is 0 Å². The molecule has 4 N–H and O–H groups in total. The summed E-state index contributed by atoms with van der Waals surface area (Å²) in [7, 11) is 1.28. The highest BCUT2D eigenvalue weighted by atomic mass is 32.1. The van der Waals surface area contributed by atoms with Crippen molar-refractivity contribution >= 4 is 34.2 Å². The van der Waals surface area contributed by atoms with Crippen LogP contribution >= 0.6 is 11.3 Å².